The molecule has 5 aromatic rings. The summed E-state index contributed by atoms with van der Waals surface area (Å²) in [6.45, 7) is 12.0. The van der Waals surface area contributed by atoms with E-state index in [1.54, 1.807) is 6.07 Å². The Bertz CT molecular complexity index is 1980. The van der Waals surface area contributed by atoms with E-state index in [0.29, 0.717) is 34.8 Å². The minimum absolute atomic E-state index is 0.0255. The Hall–Kier alpha value is -4.86. The monoisotopic (exact) mass is 608 g/mol. The molecule has 1 aliphatic rings. The number of rotatable bonds is 6. The Labute approximate surface area is 260 Å². The van der Waals surface area contributed by atoms with Gasteiger partial charge in [0.25, 0.3) is 5.91 Å². The van der Waals surface area contributed by atoms with Crippen molar-refractivity contribution in [2.24, 2.45) is 0 Å². The zero-order chi connectivity index (χ0) is 32.1. The summed E-state index contributed by atoms with van der Waals surface area (Å²) in [5.74, 6) is -0.428. The molecular weight excluding hydrogens is 572 g/mol. The van der Waals surface area contributed by atoms with Crippen LogP contribution in [0, 0.1) is 27.7 Å². The van der Waals surface area contributed by atoms with E-state index in [4.69, 9.17) is 13.6 Å². The lowest BCUT2D eigenvalue weighted by Gasteiger charge is -2.26. The maximum absolute atomic E-state index is 13.1. The highest BCUT2D eigenvalue weighted by Gasteiger charge is 2.18. The van der Waals surface area contributed by atoms with E-state index in [1.807, 2.05) is 70.2 Å². The van der Waals surface area contributed by atoms with E-state index in [-0.39, 0.29) is 22.0 Å². The minimum Gasteiger partial charge on any atom is -0.463 e. The van der Waals surface area contributed by atoms with Crippen molar-refractivity contribution in [3.63, 3.8) is 0 Å². The Kier molecular flexibility index (Phi) is 9.71. The van der Waals surface area contributed by atoms with Crippen molar-refractivity contribution in [3.05, 3.63) is 126 Å². The number of aryl methyl sites for hydroxylation is 4. The summed E-state index contributed by atoms with van der Waals surface area (Å²) < 4.78 is 16.4. The highest BCUT2D eigenvalue weighted by molar-refractivity contribution is 5.97. The number of amides is 1. The van der Waals surface area contributed by atoms with Gasteiger partial charge in [0.15, 0.2) is 6.29 Å². The average molecular weight is 609 g/mol. The summed E-state index contributed by atoms with van der Waals surface area (Å²) in [7, 11) is 0. The fourth-order valence-corrected chi connectivity index (χ4v) is 5.43. The van der Waals surface area contributed by atoms with Crippen LogP contribution in [0.5, 0.6) is 0 Å². The highest BCUT2D eigenvalue weighted by atomic mass is 16.5. The molecule has 0 spiro atoms. The molecule has 1 saturated heterocycles. The van der Waals surface area contributed by atoms with E-state index in [2.05, 4.69) is 10.2 Å². The third-order valence-corrected chi connectivity index (χ3v) is 7.80. The molecule has 3 heterocycles. The van der Waals surface area contributed by atoms with Crippen LogP contribution in [-0.4, -0.2) is 43.4 Å². The quantitative estimate of drug-likeness (QED) is 0.255. The van der Waals surface area contributed by atoms with Gasteiger partial charge in [-0.05, 0) is 67.6 Å². The lowest BCUT2D eigenvalue weighted by atomic mass is 10.0. The van der Waals surface area contributed by atoms with Crippen LogP contribution in [-0.2, 0) is 17.8 Å². The zero-order valence-corrected chi connectivity index (χ0v) is 25.9. The van der Waals surface area contributed by atoms with Gasteiger partial charge in [-0.2, -0.15) is 0 Å². The molecule has 0 saturated carbocycles. The molecular formula is C36H36N2O7. The van der Waals surface area contributed by atoms with Crippen LogP contribution < -0.4 is 16.2 Å². The first-order valence-corrected chi connectivity index (χ1v) is 14.8. The largest absolute Gasteiger partial charge is 0.463 e. The standard InChI is InChI=1S/C24H26N2O4.C12H10O3/c1-16-3-5-18(6-4-16)13-25-24(28)21-15-30-23-17(2)11-19(12-20(23)22(21)27)14-26-7-9-29-10-8-26;1-7-3-8(2)12-10(4-7)11(14)9(5-13)6-15-12/h3-6,11-12,15H,7-10,13-14H2,1-2H3,(H,25,28);3-6H,1-2H3. The summed E-state index contributed by atoms with van der Waals surface area (Å²) in [5, 5.41) is 3.73. The molecule has 0 unspecified atom stereocenters. The van der Waals surface area contributed by atoms with Crippen molar-refractivity contribution in [1.29, 1.82) is 0 Å². The first-order valence-electron chi connectivity index (χ1n) is 14.8. The van der Waals surface area contributed by atoms with Crippen LogP contribution >= 0.6 is 0 Å². The maximum atomic E-state index is 13.1. The lowest BCUT2D eigenvalue weighted by Crippen LogP contribution is -2.35. The van der Waals surface area contributed by atoms with E-state index >= 15 is 0 Å². The Morgan fingerprint density at radius 2 is 1.44 bits per heavy atom. The number of hydrogen-bond acceptors (Lipinski definition) is 8. The van der Waals surface area contributed by atoms with Crippen molar-refractivity contribution in [1.82, 2.24) is 10.2 Å². The topological polar surface area (TPSA) is 119 Å². The third-order valence-electron chi connectivity index (χ3n) is 7.80. The number of fused-ring (bicyclic) bond motifs is 2. The van der Waals surface area contributed by atoms with E-state index in [9.17, 15) is 19.2 Å². The molecule has 1 aliphatic heterocycles. The summed E-state index contributed by atoms with van der Waals surface area (Å²) in [6, 6.07) is 15.5. The van der Waals surface area contributed by atoms with E-state index in [1.165, 1.54) is 12.5 Å². The fourth-order valence-electron chi connectivity index (χ4n) is 5.43. The zero-order valence-electron chi connectivity index (χ0n) is 25.9. The summed E-state index contributed by atoms with van der Waals surface area (Å²) in [5.41, 5.74) is 6.54. The molecule has 1 amide bonds. The molecule has 9 nitrogen and oxygen atoms in total. The fraction of sp³-hybridized carbons (Fsp3) is 0.278. The van der Waals surface area contributed by atoms with Crippen LogP contribution in [0.1, 0.15) is 54.1 Å². The second kappa shape index (κ2) is 13.8. The van der Waals surface area contributed by atoms with Gasteiger partial charge in [-0.15, -0.1) is 0 Å². The third kappa shape index (κ3) is 7.28. The molecule has 45 heavy (non-hydrogen) atoms. The SMILES string of the molecule is Cc1cc(C)c2occ(C=O)c(=O)c2c1.Cc1ccc(CNC(=O)c2coc3c(C)cc(CN4CCOCC4)cc3c2=O)cc1. The number of carbonyl (C=O) groups is 2. The number of carbonyl (C=O) groups excluding carboxylic acids is 2. The van der Waals surface area contributed by atoms with Gasteiger partial charge in [-0.1, -0.05) is 42.0 Å². The number of morpholine rings is 1. The maximum Gasteiger partial charge on any atom is 0.258 e. The normalized spacial score (nSPS) is 13.3. The van der Waals surface area contributed by atoms with Crippen LogP contribution in [0.25, 0.3) is 21.9 Å². The van der Waals surface area contributed by atoms with Gasteiger partial charge in [0.2, 0.25) is 10.9 Å². The lowest BCUT2D eigenvalue weighted by molar-refractivity contribution is 0.0342. The summed E-state index contributed by atoms with van der Waals surface area (Å²) in [6.07, 6.45) is 2.99. The smallest absolute Gasteiger partial charge is 0.258 e. The van der Waals surface area contributed by atoms with Crippen molar-refractivity contribution in [2.75, 3.05) is 26.3 Å². The van der Waals surface area contributed by atoms with Crippen LogP contribution in [0.4, 0.5) is 0 Å². The molecule has 0 radical (unpaired) electrons. The number of ether oxygens (including phenoxy) is 1. The number of nitrogens with one attached hydrogen (secondary N) is 1. The molecule has 232 valence electrons. The van der Waals surface area contributed by atoms with Gasteiger partial charge in [-0.3, -0.25) is 24.1 Å². The summed E-state index contributed by atoms with van der Waals surface area (Å²) >= 11 is 0. The first kappa shape index (κ1) is 31.6. The van der Waals surface area contributed by atoms with Crippen molar-refractivity contribution in [2.45, 2.75) is 40.8 Å². The molecule has 1 fully saturated rings. The number of benzene rings is 3. The molecule has 6 rings (SSSR count). The second-order valence-electron chi connectivity index (χ2n) is 11.4. The average Bonchev–Trinajstić information content (AvgIpc) is 3.02. The van der Waals surface area contributed by atoms with Crippen molar-refractivity contribution >= 4 is 34.1 Å². The number of nitrogens with zero attached hydrogens (tertiary/aromatic N) is 1. The molecule has 0 atom stereocenters. The van der Waals surface area contributed by atoms with Gasteiger partial charge < -0.3 is 18.9 Å². The van der Waals surface area contributed by atoms with Gasteiger partial charge in [0.05, 0.1) is 29.5 Å². The molecule has 2 aromatic heterocycles. The molecule has 9 heteroatoms. The van der Waals surface area contributed by atoms with Gasteiger partial charge in [-0.25, -0.2) is 0 Å². The Morgan fingerprint density at radius 3 is 2.13 bits per heavy atom. The summed E-state index contributed by atoms with van der Waals surface area (Å²) in [4.78, 5) is 50.4. The predicted molar refractivity (Wildman–Crippen MR) is 173 cm³/mol. The minimum atomic E-state index is -0.428. The Balaban J connectivity index is 0.000000223. The Morgan fingerprint density at radius 1 is 0.800 bits per heavy atom. The van der Waals surface area contributed by atoms with Crippen LogP contribution in [0.3, 0.4) is 0 Å². The van der Waals surface area contributed by atoms with Gasteiger partial charge in [0, 0.05) is 26.2 Å². The van der Waals surface area contributed by atoms with Crippen LogP contribution in [0.15, 0.2) is 79.5 Å². The van der Waals surface area contributed by atoms with Crippen molar-refractivity contribution < 1.29 is 23.2 Å². The highest BCUT2D eigenvalue weighted by Crippen LogP contribution is 2.21. The van der Waals surface area contributed by atoms with E-state index in [0.717, 1.165) is 66.2 Å². The molecule has 3 aromatic carbocycles. The molecule has 1 N–H and O–H groups in total. The predicted octanol–water partition coefficient (Wildman–Crippen LogP) is 5.39. The van der Waals surface area contributed by atoms with Crippen LogP contribution in [0.2, 0.25) is 0 Å². The number of hydrogen-bond donors (Lipinski definition) is 1. The van der Waals surface area contributed by atoms with Crippen molar-refractivity contribution in [3.8, 4) is 0 Å². The second-order valence-corrected chi connectivity index (χ2v) is 11.4. The van der Waals surface area contributed by atoms with Gasteiger partial charge in [0.1, 0.15) is 29.3 Å². The van der Waals surface area contributed by atoms with Gasteiger partial charge >= 0.3 is 0 Å². The van der Waals surface area contributed by atoms with E-state index < -0.39 is 5.91 Å². The molecule has 0 aliphatic carbocycles. The molecule has 0 bridgehead atoms. The number of aldehydes is 1. The first-order chi connectivity index (χ1) is 21.6.